The zero-order chi connectivity index (χ0) is 18.0. The van der Waals surface area contributed by atoms with E-state index in [1.807, 2.05) is 0 Å². The van der Waals surface area contributed by atoms with Crippen molar-refractivity contribution in [3.05, 3.63) is 46.5 Å². The number of hydrogen-bond donors (Lipinski definition) is 1. The number of nitro benzene ring substituents is 1. The SMILES string of the molecule is COc1ccc([N+](=O)[O-])cc1NS(=O)(=O)c1ccc2c(c1)OCCO2. The lowest BCUT2D eigenvalue weighted by Crippen LogP contribution is -2.17. The maximum absolute atomic E-state index is 12.6. The predicted octanol–water partition coefficient (Wildman–Crippen LogP) is 2.18. The molecule has 0 atom stereocenters. The lowest BCUT2D eigenvalue weighted by atomic mass is 10.2. The average molecular weight is 366 g/mol. The summed E-state index contributed by atoms with van der Waals surface area (Å²) in [4.78, 5) is 10.2. The minimum atomic E-state index is -4.01. The van der Waals surface area contributed by atoms with Crippen molar-refractivity contribution in [1.82, 2.24) is 0 Å². The van der Waals surface area contributed by atoms with Crippen LogP contribution in [-0.2, 0) is 10.0 Å². The fraction of sp³-hybridized carbons (Fsp3) is 0.200. The first-order valence-corrected chi connectivity index (χ1v) is 8.64. The molecule has 0 amide bonds. The molecule has 1 aliphatic rings. The normalized spacial score (nSPS) is 13.2. The van der Waals surface area contributed by atoms with E-state index in [0.29, 0.717) is 24.7 Å². The summed E-state index contributed by atoms with van der Waals surface area (Å²) in [5.41, 5.74) is -0.299. The van der Waals surface area contributed by atoms with Gasteiger partial charge in [-0.25, -0.2) is 8.42 Å². The smallest absolute Gasteiger partial charge is 0.271 e. The molecular formula is C15H14N2O7S. The predicted molar refractivity (Wildman–Crippen MR) is 87.9 cm³/mol. The fourth-order valence-electron chi connectivity index (χ4n) is 2.28. The van der Waals surface area contributed by atoms with Crippen molar-refractivity contribution in [2.75, 3.05) is 25.0 Å². The molecule has 10 heteroatoms. The Bertz CT molecular complexity index is 927. The van der Waals surface area contributed by atoms with Gasteiger partial charge in [0.1, 0.15) is 19.0 Å². The highest BCUT2D eigenvalue weighted by Crippen LogP contribution is 2.34. The molecule has 1 aliphatic heterocycles. The van der Waals surface area contributed by atoms with Gasteiger partial charge >= 0.3 is 0 Å². The topological polar surface area (TPSA) is 117 Å². The number of hydrogen-bond acceptors (Lipinski definition) is 7. The second-order valence-corrected chi connectivity index (χ2v) is 6.74. The average Bonchev–Trinajstić information content (AvgIpc) is 2.60. The number of fused-ring (bicyclic) bond motifs is 1. The molecule has 0 unspecified atom stereocenters. The summed E-state index contributed by atoms with van der Waals surface area (Å²) >= 11 is 0. The van der Waals surface area contributed by atoms with Gasteiger partial charge in [0.05, 0.1) is 22.6 Å². The highest BCUT2D eigenvalue weighted by molar-refractivity contribution is 7.92. The van der Waals surface area contributed by atoms with E-state index in [4.69, 9.17) is 14.2 Å². The van der Waals surface area contributed by atoms with Gasteiger partial charge in [0.25, 0.3) is 15.7 Å². The van der Waals surface area contributed by atoms with Crippen molar-refractivity contribution in [2.24, 2.45) is 0 Å². The third kappa shape index (κ3) is 3.43. The molecule has 0 spiro atoms. The van der Waals surface area contributed by atoms with E-state index in [0.717, 1.165) is 6.07 Å². The van der Waals surface area contributed by atoms with Crippen molar-refractivity contribution in [3.8, 4) is 17.2 Å². The van der Waals surface area contributed by atoms with E-state index >= 15 is 0 Å². The van der Waals surface area contributed by atoms with Gasteiger partial charge in [-0.1, -0.05) is 0 Å². The van der Waals surface area contributed by atoms with Crippen LogP contribution in [0, 0.1) is 10.1 Å². The van der Waals surface area contributed by atoms with Gasteiger partial charge in [-0.15, -0.1) is 0 Å². The molecule has 0 fully saturated rings. The second-order valence-electron chi connectivity index (χ2n) is 5.05. The number of anilines is 1. The van der Waals surface area contributed by atoms with Crippen molar-refractivity contribution in [3.63, 3.8) is 0 Å². The van der Waals surface area contributed by atoms with E-state index in [1.165, 1.54) is 37.4 Å². The van der Waals surface area contributed by atoms with Gasteiger partial charge < -0.3 is 14.2 Å². The first-order chi connectivity index (χ1) is 11.9. The van der Waals surface area contributed by atoms with Crippen molar-refractivity contribution >= 4 is 21.4 Å². The monoisotopic (exact) mass is 366 g/mol. The number of nitro groups is 1. The third-order valence-electron chi connectivity index (χ3n) is 3.46. The van der Waals surface area contributed by atoms with Crippen LogP contribution in [0.3, 0.4) is 0 Å². The first kappa shape index (κ1) is 16.8. The number of nitrogens with one attached hydrogen (secondary N) is 1. The molecule has 25 heavy (non-hydrogen) atoms. The molecule has 0 radical (unpaired) electrons. The molecule has 132 valence electrons. The summed E-state index contributed by atoms with van der Waals surface area (Å²) < 4.78 is 43.3. The number of methoxy groups -OCH3 is 1. The van der Waals surface area contributed by atoms with Crippen LogP contribution in [0.4, 0.5) is 11.4 Å². The minimum absolute atomic E-state index is 0.0356. The highest BCUT2D eigenvalue weighted by Gasteiger charge is 2.22. The lowest BCUT2D eigenvalue weighted by Gasteiger charge is -2.19. The molecule has 1 heterocycles. The van der Waals surface area contributed by atoms with Crippen LogP contribution in [0.25, 0.3) is 0 Å². The van der Waals surface area contributed by atoms with Crippen LogP contribution in [0.5, 0.6) is 17.2 Å². The highest BCUT2D eigenvalue weighted by atomic mass is 32.2. The minimum Gasteiger partial charge on any atom is -0.495 e. The lowest BCUT2D eigenvalue weighted by molar-refractivity contribution is -0.384. The van der Waals surface area contributed by atoms with E-state index in [1.54, 1.807) is 0 Å². The van der Waals surface area contributed by atoms with Gasteiger partial charge in [-0.05, 0) is 18.2 Å². The molecule has 0 aliphatic carbocycles. The number of ether oxygens (including phenoxy) is 3. The molecule has 0 bridgehead atoms. The van der Waals surface area contributed by atoms with Crippen LogP contribution in [-0.4, -0.2) is 33.7 Å². The van der Waals surface area contributed by atoms with Gasteiger partial charge in [0.2, 0.25) is 0 Å². The molecule has 9 nitrogen and oxygen atoms in total. The molecule has 2 aromatic carbocycles. The Morgan fingerprint density at radius 1 is 1.12 bits per heavy atom. The number of rotatable bonds is 5. The zero-order valence-corrected chi connectivity index (χ0v) is 13.9. The van der Waals surface area contributed by atoms with Crippen LogP contribution in [0.2, 0.25) is 0 Å². The quantitative estimate of drug-likeness (QED) is 0.636. The molecular weight excluding hydrogens is 352 g/mol. The molecule has 0 saturated heterocycles. The summed E-state index contributed by atoms with van der Waals surface area (Å²) in [6.07, 6.45) is 0. The Hall–Kier alpha value is -3.01. The van der Waals surface area contributed by atoms with Crippen LogP contribution >= 0.6 is 0 Å². The van der Waals surface area contributed by atoms with E-state index in [9.17, 15) is 18.5 Å². The van der Waals surface area contributed by atoms with Crippen LogP contribution < -0.4 is 18.9 Å². The Balaban J connectivity index is 1.96. The Morgan fingerprint density at radius 2 is 1.84 bits per heavy atom. The summed E-state index contributed by atoms with van der Waals surface area (Å²) in [7, 11) is -2.67. The standard InChI is InChI=1S/C15H14N2O7S/c1-22-13-4-2-10(17(18)19)8-12(13)16-25(20,21)11-3-5-14-15(9-11)24-7-6-23-14/h2-5,8-9,16H,6-7H2,1H3. The van der Waals surface area contributed by atoms with Crippen molar-refractivity contribution in [1.29, 1.82) is 0 Å². The van der Waals surface area contributed by atoms with Crippen molar-refractivity contribution in [2.45, 2.75) is 4.90 Å². The van der Waals surface area contributed by atoms with E-state index in [2.05, 4.69) is 4.72 Å². The number of benzene rings is 2. The molecule has 2 aromatic rings. The van der Waals surface area contributed by atoms with Crippen molar-refractivity contribution < 1.29 is 27.6 Å². The summed E-state index contributed by atoms with van der Waals surface area (Å²) in [5.74, 6) is 0.935. The van der Waals surface area contributed by atoms with Gasteiger partial charge in [-0.3, -0.25) is 14.8 Å². The maximum Gasteiger partial charge on any atom is 0.271 e. The van der Waals surface area contributed by atoms with E-state index in [-0.39, 0.29) is 22.0 Å². The molecule has 3 rings (SSSR count). The van der Waals surface area contributed by atoms with Gasteiger partial charge in [-0.2, -0.15) is 0 Å². The summed E-state index contributed by atoms with van der Waals surface area (Å²) in [6, 6.07) is 7.82. The number of non-ortho nitro benzene ring substituents is 1. The third-order valence-corrected chi connectivity index (χ3v) is 4.83. The van der Waals surface area contributed by atoms with Crippen LogP contribution in [0.1, 0.15) is 0 Å². The van der Waals surface area contributed by atoms with Gasteiger partial charge in [0.15, 0.2) is 11.5 Å². The fourth-order valence-corrected chi connectivity index (χ4v) is 3.36. The molecule has 0 aromatic heterocycles. The maximum atomic E-state index is 12.6. The zero-order valence-electron chi connectivity index (χ0n) is 13.1. The summed E-state index contributed by atoms with van der Waals surface area (Å²) in [6.45, 7) is 0.713. The second kappa shape index (κ2) is 6.48. The number of sulfonamides is 1. The summed E-state index contributed by atoms with van der Waals surface area (Å²) in [5, 5.41) is 10.9. The largest absolute Gasteiger partial charge is 0.495 e. The molecule has 1 N–H and O–H groups in total. The Kier molecular flexibility index (Phi) is 4.36. The first-order valence-electron chi connectivity index (χ1n) is 7.15. The van der Waals surface area contributed by atoms with Gasteiger partial charge in [0, 0.05) is 18.2 Å². The number of nitrogens with zero attached hydrogens (tertiary/aromatic N) is 1. The Labute approximate surface area is 143 Å². The Morgan fingerprint density at radius 3 is 2.52 bits per heavy atom. The van der Waals surface area contributed by atoms with E-state index < -0.39 is 14.9 Å². The van der Waals surface area contributed by atoms with Crippen LogP contribution in [0.15, 0.2) is 41.3 Å². The molecule has 0 saturated carbocycles.